The second-order valence-electron chi connectivity index (χ2n) is 6.21. The summed E-state index contributed by atoms with van der Waals surface area (Å²) in [5, 5.41) is 6.67. The molecule has 0 spiro atoms. The first-order valence-corrected chi connectivity index (χ1v) is 9.28. The number of nitrogens with two attached hydrogens (primary N) is 1. The zero-order valence-corrected chi connectivity index (χ0v) is 15.8. The Morgan fingerprint density at radius 3 is 2.74 bits per heavy atom. The number of benzene rings is 1. The summed E-state index contributed by atoms with van der Waals surface area (Å²) in [5.41, 5.74) is 8.56. The van der Waals surface area contributed by atoms with E-state index in [-0.39, 0.29) is 6.03 Å². The number of imidazole rings is 1. The Bertz CT molecular complexity index is 937. The van der Waals surface area contributed by atoms with Crippen molar-refractivity contribution in [3.8, 4) is 0 Å². The summed E-state index contributed by atoms with van der Waals surface area (Å²) in [6.07, 6.45) is 0.899. The van der Waals surface area contributed by atoms with Gasteiger partial charge in [0.2, 0.25) is 0 Å². The molecule has 144 valence electrons. The van der Waals surface area contributed by atoms with E-state index in [1.165, 1.54) is 0 Å². The lowest BCUT2D eigenvalue weighted by atomic mass is 10.2. The molecule has 0 atom stereocenters. The van der Waals surface area contributed by atoms with Crippen LogP contribution in [0.5, 0.6) is 0 Å². The van der Waals surface area contributed by atoms with E-state index in [0.29, 0.717) is 44.2 Å². The van der Waals surface area contributed by atoms with Gasteiger partial charge in [-0.2, -0.15) is 0 Å². The SMILES string of the molecule is CCCNC(=O)NCCn1c(COCC)nc2c(N)nc3ccccc3c21. The number of nitrogen functional groups attached to an aromatic ring is 1. The molecule has 1 aromatic carbocycles. The largest absolute Gasteiger partial charge is 0.382 e. The lowest BCUT2D eigenvalue weighted by Gasteiger charge is -2.12. The highest BCUT2D eigenvalue weighted by atomic mass is 16.5. The van der Waals surface area contributed by atoms with E-state index in [9.17, 15) is 4.79 Å². The fourth-order valence-corrected chi connectivity index (χ4v) is 3.03. The smallest absolute Gasteiger partial charge is 0.314 e. The molecule has 0 bridgehead atoms. The van der Waals surface area contributed by atoms with Crippen molar-refractivity contribution >= 4 is 33.8 Å². The Balaban J connectivity index is 1.96. The zero-order valence-electron chi connectivity index (χ0n) is 15.8. The van der Waals surface area contributed by atoms with E-state index in [1.54, 1.807) is 0 Å². The second kappa shape index (κ2) is 8.68. The molecule has 2 amide bonds. The number of pyridine rings is 1. The van der Waals surface area contributed by atoms with Gasteiger partial charge in [0, 0.05) is 31.6 Å². The van der Waals surface area contributed by atoms with Gasteiger partial charge in [0.05, 0.1) is 11.0 Å². The monoisotopic (exact) mass is 370 g/mol. The van der Waals surface area contributed by atoms with Crippen molar-refractivity contribution in [1.82, 2.24) is 25.2 Å². The number of aromatic nitrogens is 3. The second-order valence-corrected chi connectivity index (χ2v) is 6.21. The van der Waals surface area contributed by atoms with Crippen LogP contribution in [0.2, 0.25) is 0 Å². The Morgan fingerprint density at radius 1 is 1.19 bits per heavy atom. The third-order valence-corrected chi connectivity index (χ3v) is 4.28. The van der Waals surface area contributed by atoms with Crippen molar-refractivity contribution < 1.29 is 9.53 Å². The van der Waals surface area contributed by atoms with Crippen LogP contribution in [0, 0.1) is 0 Å². The lowest BCUT2D eigenvalue weighted by molar-refractivity contribution is 0.126. The summed E-state index contributed by atoms with van der Waals surface area (Å²) >= 11 is 0. The van der Waals surface area contributed by atoms with Crippen LogP contribution in [-0.4, -0.2) is 40.3 Å². The van der Waals surface area contributed by atoms with Crippen molar-refractivity contribution in [2.75, 3.05) is 25.4 Å². The summed E-state index contributed by atoms with van der Waals surface area (Å²) < 4.78 is 7.64. The molecule has 0 saturated carbocycles. The molecule has 3 aromatic rings. The van der Waals surface area contributed by atoms with Gasteiger partial charge in [-0.05, 0) is 19.4 Å². The fourth-order valence-electron chi connectivity index (χ4n) is 3.03. The quantitative estimate of drug-likeness (QED) is 0.564. The van der Waals surface area contributed by atoms with Crippen LogP contribution < -0.4 is 16.4 Å². The molecule has 0 aliphatic rings. The van der Waals surface area contributed by atoms with Gasteiger partial charge in [-0.3, -0.25) is 0 Å². The number of urea groups is 1. The van der Waals surface area contributed by atoms with E-state index in [2.05, 4.69) is 25.2 Å². The van der Waals surface area contributed by atoms with Crippen LogP contribution >= 0.6 is 0 Å². The summed E-state index contributed by atoms with van der Waals surface area (Å²) in [5.74, 6) is 1.17. The van der Waals surface area contributed by atoms with Crippen molar-refractivity contribution in [3.63, 3.8) is 0 Å². The number of carbonyl (C=O) groups is 1. The Kier molecular flexibility index (Phi) is 6.08. The minimum Gasteiger partial charge on any atom is -0.382 e. The molecule has 2 heterocycles. The number of amides is 2. The first-order valence-electron chi connectivity index (χ1n) is 9.28. The summed E-state index contributed by atoms with van der Waals surface area (Å²) in [6, 6.07) is 7.67. The van der Waals surface area contributed by atoms with E-state index in [1.807, 2.05) is 38.1 Å². The van der Waals surface area contributed by atoms with Crippen LogP contribution in [0.1, 0.15) is 26.1 Å². The Hall–Kier alpha value is -2.87. The molecule has 0 saturated heterocycles. The minimum absolute atomic E-state index is 0.168. The molecule has 0 unspecified atom stereocenters. The highest BCUT2D eigenvalue weighted by molar-refractivity contribution is 6.06. The van der Waals surface area contributed by atoms with Crippen LogP contribution in [0.3, 0.4) is 0 Å². The molecule has 0 aliphatic carbocycles. The summed E-state index contributed by atoms with van der Waals surface area (Å²) in [7, 11) is 0. The van der Waals surface area contributed by atoms with Crippen molar-refractivity contribution in [2.45, 2.75) is 33.4 Å². The van der Waals surface area contributed by atoms with E-state index < -0.39 is 0 Å². The predicted molar refractivity (Wildman–Crippen MR) is 106 cm³/mol. The highest BCUT2D eigenvalue weighted by Gasteiger charge is 2.17. The molecule has 2 aromatic heterocycles. The van der Waals surface area contributed by atoms with Gasteiger partial charge in [-0.1, -0.05) is 25.1 Å². The number of rotatable bonds is 8. The van der Waals surface area contributed by atoms with Crippen LogP contribution in [0.4, 0.5) is 10.6 Å². The molecule has 0 aliphatic heterocycles. The maximum absolute atomic E-state index is 11.8. The predicted octanol–water partition coefficient (Wildman–Crippen LogP) is 2.41. The van der Waals surface area contributed by atoms with Gasteiger partial charge in [-0.15, -0.1) is 0 Å². The number of fused-ring (bicyclic) bond motifs is 3. The average molecular weight is 370 g/mol. The molecular formula is C19H26N6O2. The van der Waals surface area contributed by atoms with E-state index in [4.69, 9.17) is 10.5 Å². The van der Waals surface area contributed by atoms with Gasteiger partial charge < -0.3 is 25.7 Å². The van der Waals surface area contributed by atoms with Gasteiger partial charge in [0.15, 0.2) is 5.82 Å². The van der Waals surface area contributed by atoms with Crippen LogP contribution in [0.15, 0.2) is 24.3 Å². The van der Waals surface area contributed by atoms with Crippen molar-refractivity contribution in [1.29, 1.82) is 0 Å². The van der Waals surface area contributed by atoms with Crippen molar-refractivity contribution in [2.24, 2.45) is 0 Å². The van der Waals surface area contributed by atoms with Crippen LogP contribution in [-0.2, 0) is 17.9 Å². The molecule has 8 nitrogen and oxygen atoms in total. The molecule has 4 N–H and O–H groups in total. The van der Waals surface area contributed by atoms with Crippen LogP contribution in [0.25, 0.3) is 21.9 Å². The minimum atomic E-state index is -0.168. The average Bonchev–Trinajstić information content (AvgIpc) is 3.04. The first-order chi connectivity index (χ1) is 13.2. The lowest BCUT2D eigenvalue weighted by Crippen LogP contribution is -2.37. The number of hydrogen-bond donors (Lipinski definition) is 3. The number of carbonyl (C=O) groups excluding carboxylic acids is 1. The molecule has 0 radical (unpaired) electrons. The topological polar surface area (TPSA) is 107 Å². The Morgan fingerprint density at radius 2 is 1.96 bits per heavy atom. The van der Waals surface area contributed by atoms with E-state index in [0.717, 1.165) is 28.7 Å². The summed E-state index contributed by atoms with van der Waals surface area (Å²) in [4.78, 5) is 20.9. The first kappa shape index (κ1) is 18.9. The fraction of sp³-hybridized carbons (Fsp3) is 0.421. The number of anilines is 1. The maximum atomic E-state index is 11.8. The van der Waals surface area contributed by atoms with Gasteiger partial charge in [0.25, 0.3) is 0 Å². The number of nitrogens with zero attached hydrogens (tertiary/aromatic N) is 3. The normalized spacial score (nSPS) is 11.2. The maximum Gasteiger partial charge on any atom is 0.314 e. The zero-order chi connectivity index (χ0) is 19.2. The third-order valence-electron chi connectivity index (χ3n) is 4.28. The Labute approximate surface area is 158 Å². The molecular weight excluding hydrogens is 344 g/mol. The highest BCUT2D eigenvalue weighted by Crippen LogP contribution is 2.28. The molecule has 0 fully saturated rings. The number of para-hydroxylation sites is 1. The summed E-state index contributed by atoms with van der Waals surface area (Å²) in [6.45, 7) is 6.61. The van der Waals surface area contributed by atoms with E-state index >= 15 is 0 Å². The number of hydrogen-bond acceptors (Lipinski definition) is 5. The third kappa shape index (κ3) is 4.11. The van der Waals surface area contributed by atoms with Crippen molar-refractivity contribution in [3.05, 3.63) is 30.1 Å². The van der Waals surface area contributed by atoms with Gasteiger partial charge >= 0.3 is 6.03 Å². The number of ether oxygens (including phenoxy) is 1. The molecule has 8 heteroatoms. The van der Waals surface area contributed by atoms with Gasteiger partial charge in [-0.25, -0.2) is 14.8 Å². The number of nitrogens with one attached hydrogen (secondary N) is 2. The molecule has 27 heavy (non-hydrogen) atoms. The van der Waals surface area contributed by atoms with Gasteiger partial charge in [0.1, 0.15) is 17.9 Å². The molecule has 3 rings (SSSR count). The standard InChI is InChI=1S/C19H26N6O2/c1-3-9-21-19(26)22-10-11-25-15(12-27-4-2)24-16-17(25)13-7-5-6-8-14(13)23-18(16)20/h5-8H,3-4,9-12H2,1-2H3,(H2,20,23)(H2,21,22,26).